The number of nitrogens with zero attached hydrogens (tertiary/aromatic N) is 3. The number of hydrogen-bond donors (Lipinski definition) is 1. The van der Waals surface area contributed by atoms with Gasteiger partial charge in [0.25, 0.3) is 5.91 Å². The maximum atomic E-state index is 12.3. The van der Waals surface area contributed by atoms with Gasteiger partial charge in [0.05, 0.1) is 32.5 Å². The lowest BCUT2D eigenvalue weighted by atomic mass is 10.2. The molecule has 0 bridgehead atoms. The Hall–Kier alpha value is -3.35. The first-order valence-corrected chi connectivity index (χ1v) is 7.66. The van der Waals surface area contributed by atoms with Crippen molar-refractivity contribution in [3.8, 4) is 11.5 Å². The maximum Gasteiger partial charge on any atom is 0.258 e. The van der Waals surface area contributed by atoms with E-state index < -0.39 is 0 Å². The number of aromatic nitrogens is 3. The van der Waals surface area contributed by atoms with Crippen LogP contribution in [0.15, 0.2) is 55.0 Å². The van der Waals surface area contributed by atoms with Gasteiger partial charge in [0, 0.05) is 24.0 Å². The number of carbonyl (C=O) groups is 1. The molecule has 0 unspecified atom stereocenters. The fourth-order valence-electron chi connectivity index (χ4n) is 2.49. The number of anilines is 1. The van der Waals surface area contributed by atoms with Crippen LogP contribution < -0.4 is 14.8 Å². The summed E-state index contributed by atoms with van der Waals surface area (Å²) in [5, 5.41) is 7.12. The molecule has 1 amide bonds. The van der Waals surface area contributed by atoms with Gasteiger partial charge in [0.2, 0.25) is 0 Å². The fourth-order valence-corrected chi connectivity index (χ4v) is 2.49. The van der Waals surface area contributed by atoms with Crippen molar-refractivity contribution < 1.29 is 14.3 Å². The number of para-hydroxylation sites is 1. The Labute approximate surface area is 145 Å². The Bertz CT molecular complexity index is 862. The summed E-state index contributed by atoms with van der Waals surface area (Å²) in [5.41, 5.74) is 1.37. The number of amides is 1. The SMILES string of the molecule is COc1cccc(Cn2nccc2NC(=O)c2cccnc2)c1OC. The normalized spacial score (nSPS) is 10.3. The lowest BCUT2D eigenvalue weighted by molar-refractivity contribution is 0.102. The van der Waals surface area contributed by atoms with Crippen LogP contribution in [0, 0.1) is 0 Å². The molecule has 2 heterocycles. The van der Waals surface area contributed by atoms with E-state index in [9.17, 15) is 4.79 Å². The Morgan fingerprint density at radius 3 is 2.72 bits per heavy atom. The predicted molar refractivity (Wildman–Crippen MR) is 93.1 cm³/mol. The molecule has 0 spiro atoms. The number of benzene rings is 1. The Morgan fingerprint density at radius 2 is 2.00 bits per heavy atom. The van der Waals surface area contributed by atoms with Crippen LogP contribution in [0.25, 0.3) is 0 Å². The first kappa shape index (κ1) is 16.5. The van der Waals surface area contributed by atoms with Crippen molar-refractivity contribution >= 4 is 11.7 Å². The molecule has 128 valence electrons. The minimum Gasteiger partial charge on any atom is -0.493 e. The number of carbonyl (C=O) groups excluding carboxylic acids is 1. The van der Waals surface area contributed by atoms with Crippen LogP contribution in [-0.2, 0) is 6.54 Å². The Kier molecular flexibility index (Phi) is 4.94. The highest BCUT2D eigenvalue weighted by Gasteiger charge is 2.14. The summed E-state index contributed by atoms with van der Waals surface area (Å²) in [6, 6.07) is 10.8. The van der Waals surface area contributed by atoms with E-state index in [2.05, 4.69) is 15.4 Å². The largest absolute Gasteiger partial charge is 0.493 e. The second kappa shape index (κ2) is 7.48. The molecular weight excluding hydrogens is 320 g/mol. The number of nitrogens with one attached hydrogen (secondary N) is 1. The van der Waals surface area contributed by atoms with Crippen molar-refractivity contribution in [3.05, 3.63) is 66.1 Å². The molecule has 1 N–H and O–H groups in total. The van der Waals surface area contributed by atoms with Crippen LogP contribution in [0.4, 0.5) is 5.82 Å². The number of hydrogen-bond acceptors (Lipinski definition) is 5. The zero-order chi connectivity index (χ0) is 17.6. The van der Waals surface area contributed by atoms with Gasteiger partial charge < -0.3 is 14.8 Å². The molecule has 0 aliphatic rings. The summed E-state index contributed by atoms with van der Waals surface area (Å²) in [4.78, 5) is 16.3. The van der Waals surface area contributed by atoms with Gasteiger partial charge in [0.15, 0.2) is 11.5 Å². The van der Waals surface area contributed by atoms with Gasteiger partial charge in [-0.2, -0.15) is 5.10 Å². The molecule has 3 aromatic rings. The van der Waals surface area contributed by atoms with Crippen LogP contribution in [-0.4, -0.2) is 34.9 Å². The van der Waals surface area contributed by atoms with Gasteiger partial charge in [-0.3, -0.25) is 9.78 Å². The summed E-state index contributed by atoms with van der Waals surface area (Å²) >= 11 is 0. The lowest BCUT2D eigenvalue weighted by Gasteiger charge is -2.14. The molecule has 25 heavy (non-hydrogen) atoms. The molecule has 0 saturated carbocycles. The fraction of sp³-hybridized carbons (Fsp3) is 0.167. The summed E-state index contributed by atoms with van der Waals surface area (Å²) < 4.78 is 12.4. The van der Waals surface area contributed by atoms with Gasteiger partial charge in [-0.1, -0.05) is 12.1 Å². The third-order valence-corrected chi connectivity index (χ3v) is 3.69. The minimum absolute atomic E-state index is 0.243. The van der Waals surface area contributed by atoms with Crippen LogP contribution in [0.5, 0.6) is 11.5 Å². The van der Waals surface area contributed by atoms with Crippen LogP contribution in [0.2, 0.25) is 0 Å². The Balaban J connectivity index is 1.82. The van der Waals surface area contributed by atoms with E-state index in [1.807, 2.05) is 18.2 Å². The highest BCUT2D eigenvalue weighted by molar-refractivity contribution is 6.03. The van der Waals surface area contributed by atoms with Gasteiger partial charge in [-0.05, 0) is 18.2 Å². The van der Waals surface area contributed by atoms with Crippen molar-refractivity contribution in [2.45, 2.75) is 6.54 Å². The molecule has 2 aromatic heterocycles. The molecule has 7 heteroatoms. The summed E-state index contributed by atoms with van der Waals surface area (Å²) in [5.74, 6) is 1.63. The standard InChI is InChI=1S/C18H18N4O3/c1-24-15-7-3-5-14(17(15)25-2)12-22-16(8-10-20-22)21-18(23)13-6-4-9-19-11-13/h3-11H,12H2,1-2H3,(H,21,23). The molecule has 0 aliphatic heterocycles. The zero-order valence-electron chi connectivity index (χ0n) is 14.0. The minimum atomic E-state index is -0.243. The number of ether oxygens (including phenoxy) is 2. The Morgan fingerprint density at radius 1 is 1.12 bits per heavy atom. The van der Waals surface area contributed by atoms with E-state index >= 15 is 0 Å². The number of pyridine rings is 1. The first-order chi connectivity index (χ1) is 12.2. The second-order valence-corrected chi connectivity index (χ2v) is 5.22. The molecule has 7 nitrogen and oxygen atoms in total. The maximum absolute atomic E-state index is 12.3. The van der Waals surface area contributed by atoms with E-state index in [0.29, 0.717) is 29.4 Å². The topological polar surface area (TPSA) is 78.3 Å². The number of rotatable bonds is 6. The molecule has 1 aromatic carbocycles. The van der Waals surface area contributed by atoms with Gasteiger partial charge >= 0.3 is 0 Å². The van der Waals surface area contributed by atoms with Crippen molar-refractivity contribution in [1.82, 2.24) is 14.8 Å². The lowest BCUT2D eigenvalue weighted by Crippen LogP contribution is -2.16. The van der Waals surface area contributed by atoms with E-state index in [4.69, 9.17) is 9.47 Å². The van der Waals surface area contributed by atoms with E-state index in [-0.39, 0.29) is 5.91 Å². The smallest absolute Gasteiger partial charge is 0.258 e. The van der Waals surface area contributed by atoms with Gasteiger partial charge in [-0.25, -0.2) is 4.68 Å². The highest BCUT2D eigenvalue weighted by atomic mass is 16.5. The molecule has 0 aliphatic carbocycles. The average Bonchev–Trinajstić information content (AvgIpc) is 3.08. The molecule has 0 atom stereocenters. The molecule has 0 fully saturated rings. The summed E-state index contributed by atoms with van der Waals surface area (Å²) in [6.45, 7) is 0.427. The summed E-state index contributed by atoms with van der Waals surface area (Å²) in [7, 11) is 3.19. The average molecular weight is 338 g/mol. The van der Waals surface area contributed by atoms with Gasteiger partial charge in [0.1, 0.15) is 5.82 Å². The number of methoxy groups -OCH3 is 2. The second-order valence-electron chi connectivity index (χ2n) is 5.22. The first-order valence-electron chi connectivity index (χ1n) is 7.66. The zero-order valence-corrected chi connectivity index (χ0v) is 14.0. The molecule has 0 radical (unpaired) electrons. The molecule has 3 rings (SSSR count). The van der Waals surface area contributed by atoms with E-state index in [1.165, 1.54) is 6.20 Å². The van der Waals surface area contributed by atoms with Crippen molar-refractivity contribution in [2.75, 3.05) is 19.5 Å². The van der Waals surface area contributed by atoms with Crippen LogP contribution >= 0.6 is 0 Å². The van der Waals surface area contributed by atoms with Gasteiger partial charge in [-0.15, -0.1) is 0 Å². The van der Waals surface area contributed by atoms with E-state index in [1.54, 1.807) is 49.5 Å². The van der Waals surface area contributed by atoms with Crippen molar-refractivity contribution in [1.29, 1.82) is 0 Å². The molecule has 0 saturated heterocycles. The van der Waals surface area contributed by atoms with E-state index in [0.717, 1.165) is 5.56 Å². The monoisotopic (exact) mass is 338 g/mol. The van der Waals surface area contributed by atoms with Crippen molar-refractivity contribution in [3.63, 3.8) is 0 Å². The van der Waals surface area contributed by atoms with Crippen molar-refractivity contribution in [2.24, 2.45) is 0 Å². The quantitative estimate of drug-likeness (QED) is 0.747. The van der Waals surface area contributed by atoms with Crippen LogP contribution in [0.3, 0.4) is 0 Å². The predicted octanol–water partition coefficient (Wildman–Crippen LogP) is 2.60. The third kappa shape index (κ3) is 3.60. The van der Waals surface area contributed by atoms with Crippen LogP contribution in [0.1, 0.15) is 15.9 Å². The summed E-state index contributed by atoms with van der Waals surface area (Å²) in [6.07, 6.45) is 4.77. The highest BCUT2D eigenvalue weighted by Crippen LogP contribution is 2.31. The third-order valence-electron chi connectivity index (χ3n) is 3.69. The molecular formula is C18H18N4O3.